The number of hydrogen-bond donors (Lipinski definition) is 0. The molecule has 3 rings (SSSR count). The molecule has 2 heterocycles. The highest BCUT2D eigenvalue weighted by Crippen LogP contribution is 2.18. The van der Waals surface area contributed by atoms with Crippen LogP contribution in [0.1, 0.15) is 45.2 Å². The predicted octanol–water partition coefficient (Wildman–Crippen LogP) is 4.36. The Labute approximate surface area is 164 Å². The van der Waals surface area contributed by atoms with Gasteiger partial charge in [-0.2, -0.15) is 0 Å². The first-order chi connectivity index (χ1) is 13.5. The lowest BCUT2D eigenvalue weighted by molar-refractivity contribution is 0.0500. The number of ether oxygens (including phenoxy) is 2. The fraction of sp³-hybridized carbons (Fsp3) is 0.318. The summed E-state index contributed by atoms with van der Waals surface area (Å²) in [6, 6.07) is 12.8. The van der Waals surface area contributed by atoms with Crippen LogP contribution in [0.5, 0.6) is 5.75 Å². The fourth-order valence-electron chi connectivity index (χ4n) is 2.79. The van der Waals surface area contributed by atoms with Gasteiger partial charge in [-0.3, -0.25) is 4.98 Å². The number of rotatable bonds is 8. The van der Waals surface area contributed by atoms with Gasteiger partial charge >= 0.3 is 5.97 Å². The summed E-state index contributed by atoms with van der Waals surface area (Å²) in [5.41, 5.74) is 4.26. The summed E-state index contributed by atoms with van der Waals surface area (Å²) < 4.78 is 16.2. The van der Waals surface area contributed by atoms with Crippen molar-refractivity contribution in [2.24, 2.45) is 0 Å². The Morgan fingerprint density at radius 3 is 2.54 bits per heavy atom. The van der Waals surface area contributed by atoms with Gasteiger partial charge < -0.3 is 14.0 Å². The molecular weight excluding hydrogens is 356 g/mol. The number of aryl methyl sites for hydroxylation is 4. The third-order valence-corrected chi connectivity index (χ3v) is 4.41. The largest absolute Gasteiger partial charge is 0.489 e. The van der Waals surface area contributed by atoms with Crippen LogP contribution in [0.25, 0.3) is 0 Å². The van der Waals surface area contributed by atoms with Crippen molar-refractivity contribution in [3.05, 3.63) is 76.4 Å². The summed E-state index contributed by atoms with van der Waals surface area (Å²) in [7, 11) is 0. The van der Waals surface area contributed by atoms with E-state index in [1.807, 2.05) is 39.0 Å². The van der Waals surface area contributed by atoms with Crippen LogP contribution in [-0.2, 0) is 17.8 Å². The van der Waals surface area contributed by atoms with E-state index in [9.17, 15) is 4.79 Å². The monoisotopic (exact) mass is 380 g/mol. The molecule has 0 radical (unpaired) electrons. The van der Waals surface area contributed by atoms with Gasteiger partial charge in [0.05, 0.1) is 23.4 Å². The summed E-state index contributed by atoms with van der Waals surface area (Å²) in [5.74, 6) is 1.08. The van der Waals surface area contributed by atoms with E-state index in [1.54, 1.807) is 24.3 Å². The summed E-state index contributed by atoms with van der Waals surface area (Å²) in [4.78, 5) is 16.6. The molecule has 0 fully saturated rings. The quantitative estimate of drug-likeness (QED) is 0.427. The van der Waals surface area contributed by atoms with Gasteiger partial charge in [0.1, 0.15) is 18.1 Å². The van der Waals surface area contributed by atoms with Gasteiger partial charge in [0.2, 0.25) is 0 Å². The molecular formula is C22H24N2O4. The number of hydrogen-bond acceptors (Lipinski definition) is 6. The molecule has 6 heteroatoms. The van der Waals surface area contributed by atoms with Crippen LogP contribution in [0, 0.1) is 20.8 Å². The number of esters is 1. The Hall–Kier alpha value is -3.15. The van der Waals surface area contributed by atoms with Gasteiger partial charge in [-0.15, -0.1) is 0 Å². The van der Waals surface area contributed by atoms with Crippen LogP contribution >= 0.6 is 0 Å². The molecule has 0 bridgehead atoms. The molecule has 0 saturated carbocycles. The molecule has 0 amide bonds. The van der Waals surface area contributed by atoms with Crippen LogP contribution in [-0.4, -0.2) is 22.7 Å². The maximum Gasteiger partial charge on any atom is 0.338 e. The number of benzene rings is 1. The molecule has 6 nitrogen and oxygen atoms in total. The van der Waals surface area contributed by atoms with Crippen molar-refractivity contribution in [1.82, 2.24) is 10.1 Å². The molecule has 0 spiro atoms. The van der Waals surface area contributed by atoms with Gasteiger partial charge in [-0.05, 0) is 70.0 Å². The molecule has 2 aromatic heterocycles. The van der Waals surface area contributed by atoms with Gasteiger partial charge in [0.15, 0.2) is 0 Å². The van der Waals surface area contributed by atoms with Gasteiger partial charge in [-0.1, -0.05) is 11.2 Å². The molecule has 146 valence electrons. The van der Waals surface area contributed by atoms with Gasteiger partial charge in [0.25, 0.3) is 0 Å². The first kappa shape index (κ1) is 19.6. The third kappa shape index (κ3) is 5.19. The van der Waals surface area contributed by atoms with Crippen LogP contribution in [0.3, 0.4) is 0 Å². The minimum atomic E-state index is -0.338. The van der Waals surface area contributed by atoms with Crippen LogP contribution in [0.15, 0.2) is 47.0 Å². The van der Waals surface area contributed by atoms with E-state index in [1.165, 1.54) is 0 Å². The standard InChI is InChI=1S/C22H24N2O4/c1-15-6-4-7-19(23-15)8-5-13-26-22(25)18-9-11-20(12-10-18)27-14-21-16(2)24-28-17(21)3/h4,6-7,9-12H,5,8,13-14H2,1-3H3. The molecule has 0 aliphatic carbocycles. The average Bonchev–Trinajstić information content (AvgIpc) is 3.01. The average molecular weight is 380 g/mol. The number of carbonyl (C=O) groups is 1. The molecule has 3 aromatic rings. The van der Waals surface area contributed by atoms with Crippen LogP contribution < -0.4 is 4.74 Å². The first-order valence-corrected chi connectivity index (χ1v) is 9.27. The van der Waals surface area contributed by atoms with Gasteiger partial charge in [0, 0.05) is 11.4 Å². The summed E-state index contributed by atoms with van der Waals surface area (Å²) in [5, 5.41) is 3.90. The van der Waals surface area contributed by atoms with E-state index < -0.39 is 0 Å². The number of carbonyl (C=O) groups excluding carboxylic acids is 1. The third-order valence-electron chi connectivity index (χ3n) is 4.41. The highest BCUT2D eigenvalue weighted by Gasteiger charge is 2.11. The lowest BCUT2D eigenvalue weighted by atomic mass is 10.2. The zero-order valence-electron chi connectivity index (χ0n) is 16.4. The van der Waals surface area contributed by atoms with Crippen molar-refractivity contribution in [1.29, 1.82) is 0 Å². The molecule has 0 atom stereocenters. The molecule has 0 N–H and O–H groups in total. The summed E-state index contributed by atoms with van der Waals surface area (Å²) >= 11 is 0. The highest BCUT2D eigenvalue weighted by molar-refractivity contribution is 5.89. The smallest absolute Gasteiger partial charge is 0.338 e. The van der Waals surface area contributed by atoms with Crippen molar-refractivity contribution in [2.75, 3.05) is 6.61 Å². The van der Waals surface area contributed by atoms with E-state index in [0.29, 0.717) is 24.5 Å². The SMILES string of the molecule is Cc1cccc(CCCOC(=O)c2ccc(OCc3c(C)noc3C)cc2)n1. The minimum absolute atomic E-state index is 0.338. The lowest BCUT2D eigenvalue weighted by Gasteiger charge is -2.08. The van der Waals surface area contributed by atoms with Crippen molar-refractivity contribution in [3.8, 4) is 5.75 Å². The maximum absolute atomic E-state index is 12.2. The topological polar surface area (TPSA) is 74.5 Å². The number of aromatic nitrogens is 2. The second kappa shape index (κ2) is 9.17. The zero-order valence-corrected chi connectivity index (χ0v) is 16.4. The van der Waals surface area contributed by atoms with Gasteiger partial charge in [-0.25, -0.2) is 4.79 Å². The Morgan fingerprint density at radius 2 is 1.86 bits per heavy atom. The lowest BCUT2D eigenvalue weighted by Crippen LogP contribution is -2.07. The molecule has 0 aliphatic rings. The summed E-state index contributed by atoms with van der Waals surface area (Å²) in [6.45, 7) is 6.43. The molecule has 0 saturated heterocycles. The van der Waals surface area contributed by atoms with Crippen molar-refractivity contribution >= 4 is 5.97 Å². The second-order valence-corrected chi connectivity index (χ2v) is 6.63. The highest BCUT2D eigenvalue weighted by atomic mass is 16.5. The van der Waals surface area contributed by atoms with Crippen LogP contribution in [0.4, 0.5) is 0 Å². The van der Waals surface area contributed by atoms with E-state index >= 15 is 0 Å². The Kier molecular flexibility index (Phi) is 6.42. The second-order valence-electron chi connectivity index (χ2n) is 6.63. The number of pyridine rings is 1. The maximum atomic E-state index is 12.2. The van der Waals surface area contributed by atoms with E-state index in [0.717, 1.165) is 41.2 Å². The number of nitrogens with zero attached hydrogens (tertiary/aromatic N) is 2. The van der Waals surface area contributed by atoms with E-state index in [4.69, 9.17) is 14.0 Å². The molecule has 0 unspecified atom stereocenters. The Bertz CT molecular complexity index is 912. The summed E-state index contributed by atoms with van der Waals surface area (Å²) in [6.07, 6.45) is 1.52. The minimum Gasteiger partial charge on any atom is -0.489 e. The fourth-order valence-corrected chi connectivity index (χ4v) is 2.79. The Morgan fingerprint density at radius 1 is 1.07 bits per heavy atom. The predicted molar refractivity (Wildman–Crippen MR) is 104 cm³/mol. The van der Waals surface area contributed by atoms with E-state index in [-0.39, 0.29) is 5.97 Å². The first-order valence-electron chi connectivity index (χ1n) is 9.27. The molecule has 1 aromatic carbocycles. The normalized spacial score (nSPS) is 10.7. The van der Waals surface area contributed by atoms with Crippen molar-refractivity contribution < 1.29 is 18.8 Å². The Balaban J connectivity index is 1.44. The van der Waals surface area contributed by atoms with Crippen molar-refractivity contribution in [2.45, 2.75) is 40.2 Å². The molecule has 28 heavy (non-hydrogen) atoms. The van der Waals surface area contributed by atoms with Crippen LogP contribution in [0.2, 0.25) is 0 Å². The van der Waals surface area contributed by atoms with E-state index in [2.05, 4.69) is 10.1 Å². The zero-order chi connectivity index (χ0) is 19.9. The molecule has 0 aliphatic heterocycles. The van der Waals surface area contributed by atoms with Crippen molar-refractivity contribution in [3.63, 3.8) is 0 Å².